The fourth-order valence-electron chi connectivity index (χ4n) is 3.56. The standard InChI is InChI=1S/C19H20ClN5O2/c20-15-10-22-25(12-15)11-13-7-16(17(26)8-13)23-19(27)14-3-4-21-18(9-14)24-5-1-2-6-24/h1-6,9-10,12-13,16-17,26H,7-8,11H2,(H,23,27)/t13?,16-,17-/m1/s1. The molecule has 1 amide bonds. The van der Waals surface area contributed by atoms with Crippen molar-refractivity contribution in [3.8, 4) is 5.82 Å². The van der Waals surface area contributed by atoms with Gasteiger partial charge in [0.05, 0.1) is 23.4 Å². The van der Waals surface area contributed by atoms with Crippen LogP contribution >= 0.6 is 11.6 Å². The first kappa shape index (κ1) is 17.8. The van der Waals surface area contributed by atoms with Crippen LogP contribution in [0.2, 0.25) is 5.02 Å². The molecule has 7 nitrogen and oxygen atoms in total. The number of aliphatic hydroxyl groups excluding tert-OH is 1. The number of nitrogens with zero attached hydrogens (tertiary/aromatic N) is 4. The molecule has 1 aliphatic rings. The van der Waals surface area contributed by atoms with Crippen molar-refractivity contribution in [2.24, 2.45) is 5.92 Å². The molecule has 0 saturated heterocycles. The van der Waals surface area contributed by atoms with Crippen molar-refractivity contribution >= 4 is 17.5 Å². The highest BCUT2D eigenvalue weighted by Gasteiger charge is 2.34. The van der Waals surface area contributed by atoms with E-state index in [4.69, 9.17) is 11.6 Å². The average Bonchev–Trinajstić information content (AvgIpc) is 3.39. The van der Waals surface area contributed by atoms with Gasteiger partial charge in [0.1, 0.15) is 5.82 Å². The number of carbonyl (C=O) groups is 1. The summed E-state index contributed by atoms with van der Waals surface area (Å²) in [5, 5.41) is 18.1. The van der Waals surface area contributed by atoms with Crippen LogP contribution in [0.15, 0.2) is 55.2 Å². The molecule has 0 aromatic carbocycles. The van der Waals surface area contributed by atoms with Crippen molar-refractivity contribution in [2.45, 2.75) is 31.5 Å². The number of aliphatic hydroxyl groups is 1. The molecule has 3 aromatic rings. The Morgan fingerprint density at radius 3 is 2.89 bits per heavy atom. The number of amides is 1. The number of nitrogens with one attached hydrogen (secondary N) is 1. The van der Waals surface area contributed by atoms with Crippen LogP contribution < -0.4 is 5.32 Å². The van der Waals surface area contributed by atoms with E-state index in [2.05, 4.69) is 15.4 Å². The van der Waals surface area contributed by atoms with Gasteiger partial charge in [-0.1, -0.05) is 11.6 Å². The topological polar surface area (TPSA) is 85.0 Å². The third kappa shape index (κ3) is 4.04. The number of hydrogen-bond acceptors (Lipinski definition) is 4. The van der Waals surface area contributed by atoms with Crippen LogP contribution in [0.1, 0.15) is 23.2 Å². The van der Waals surface area contributed by atoms with Gasteiger partial charge in [0.15, 0.2) is 0 Å². The second kappa shape index (κ2) is 7.54. The van der Waals surface area contributed by atoms with Crippen LogP contribution in [0.3, 0.4) is 0 Å². The fraction of sp³-hybridized carbons (Fsp3) is 0.316. The SMILES string of the molecule is O=C(N[C@@H]1CC(Cn2cc(Cl)cn2)C[C@H]1O)c1ccnc(-n2cccc2)c1. The first-order valence-corrected chi connectivity index (χ1v) is 9.22. The zero-order valence-corrected chi connectivity index (χ0v) is 15.3. The molecule has 140 valence electrons. The Balaban J connectivity index is 1.40. The molecule has 3 atom stereocenters. The van der Waals surface area contributed by atoms with Crippen molar-refractivity contribution in [1.82, 2.24) is 24.6 Å². The molecule has 0 spiro atoms. The molecule has 1 unspecified atom stereocenters. The van der Waals surface area contributed by atoms with Gasteiger partial charge in [-0.05, 0) is 43.0 Å². The van der Waals surface area contributed by atoms with Gasteiger partial charge in [-0.3, -0.25) is 9.48 Å². The lowest BCUT2D eigenvalue weighted by molar-refractivity contribution is 0.0872. The molecule has 0 aliphatic heterocycles. The quantitative estimate of drug-likeness (QED) is 0.705. The normalized spacial score (nSPS) is 22.1. The lowest BCUT2D eigenvalue weighted by Crippen LogP contribution is -2.40. The Morgan fingerprint density at radius 2 is 2.15 bits per heavy atom. The van der Waals surface area contributed by atoms with Crippen molar-refractivity contribution in [3.05, 3.63) is 65.8 Å². The fourth-order valence-corrected chi connectivity index (χ4v) is 3.72. The molecule has 0 bridgehead atoms. The molecule has 1 fully saturated rings. The first-order chi connectivity index (χ1) is 13.1. The minimum atomic E-state index is -0.573. The van der Waals surface area contributed by atoms with Crippen LogP contribution in [-0.4, -0.2) is 42.5 Å². The average molecular weight is 386 g/mol. The van der Waals surface area contributed by atoms with Gasteiger partial charge < -0.3 is 15.0 Å². The van der Waals surface area contributed by atoms with Crippen LogP contribution in [0.25, 0.3) is 5.82 Å². The summed E-state index contributed by atoms with van der Waals surface area (Å²) in [6.45, 7) is 0.670. The maximum atomic E-state index is 12.6. The zero-order chi connectivity index (χ0) is 18.8. The van der Waals surface area contributed by atoms with Gasteiger partial charge in [0.25, 0.3) is 5.91 Å². The van der Waals surface area contributed by atoms with Gasteiger partial charge in [-0.25, -0.2) is 4.98 Å². The minimum absolute atomic E-state index is 0.211. The van der Waals surface area contributed by atoms with Gasteiger partial charge in [0.2, 0.25) is 0 Å². The first-order valence-electron chi connectivity index (χ1n) is 8.85. The van der Waals surface area contributed by atoms with Crippen molar-refractivity contribution in [1.29, 1.82) is 0 Å². The molecule has 3 aromatic heterocycles. The van der Waals surface area contributed by atoms with Gasteiger partial charge in [0, 0.05) is 36.9 Å². The van der Waals surface area contributed by atoms with Gasteiger partial charge in [-0.15, -0.1) is 0 Å². The summed E-state index contributed by atoms with van der Waals surface area (Å²) in [5.74, 6) is 0.694. The van der Waals surface area contributed by atoms with E-state index in [1.165, 1.54) is 0 Å². The molecule has 27 heavy (non-hydrogen) atoms. The summed E-state index contributed by atoms with van der Waals surface area (Å²) in [6.07, 6.45) is 9.45. The molecule has 2 N–H and O–H groups in total. The van der Waals surface area contributed by atoms with Crippen LogP contribution in [0.4, 0.5) is 0 Å². The molecular formula is C19H20ClN5O2. The highest BCUT2D eigenvalue weighted by molar-refractivity contribution is 6.30. The van der Waals surface area contributed by atoms with E-state index < -0.39 is 6.10 Å². The van der Waals surface area contributed by atoms with E-state index in [0.717, 1.165) is 0 Å². The van der Waals surface area contributed by atoms with E-state index in [-0.39, 0.29) is 17.9 Å². The molecule has 4 rings (SSSR count). The summed E-state index contributed by atoms with van der Waals surface area (Å²) in [7, 11) is 0. The summed E-state index contributed by atoms with van der Waals surface area (Å²) in [4.78, 5) is 16.9. The van der Waals surface area contributed by atoms with Crippen molar-refractivity contribution in [2.75, 3.05) is 0 Å². The van der Waals surface area contributed by atoms with E-state index in [0.29, 0.717) is 35.8 Å². The summed E-state index contributed by atoms with van der Waals surface area (Å²) >= 11 is 5.89. The molecule has 3 heterocycles. The Hall–Kier alpha value is -2.64. The Bertz CT molecular complexity index is 924. The second-order valence-corrected chi connectivity index (χ2v) is 7.29. The maximum absolute atomic E-state index is 12.6. The highest BCUT2D eigenvalue weighted by atomic mass is 35.5. The predicted molar refractivity (Wildman–Crippen MR) is 101 cm³/mol. The maximum Gasteiger partial charge on any atom is 0.251 e. The molecular weight excluding hydrogens is 366 g/mol. The van der Waals surface area contributed by atoms with Crippen LogP contribution in [0.5, 0.6) is 0 Å². The van der Waals surface area contributed by atoms with E-state index in [9.17, 15) is 9.90 Å². The number of rotatable bonds is 5. The van der Waals surface area contributed by atoms with Crippen LogP contribution in [0, 0.1) is 5.92 Å². The monoisotopic (exact) mass is 385 g/mol. The third-order valence-electron chi connectivity index (χ3n) is 4.87. The van der Waals surface area contributed by atoms with E-state index >= 15 is 0 Å². The number of carbonyl (C=O) groups excluding carboxylic acids is 1. The summed E-state index contributed by atoms with van der Waals surface area (Å²) in [5.41, 5.74) is 0.517. The summed E-state index contributed by atoms with van der Waals surface area (Å²) < 4.78 is 3.61. The lowest BCUT2D eigenvalue weighted by atomic mass is 10.1. The second-order valence-electron chi connectivity index (χ2n) is 6.86. The zero-order valence-electron chi connectivity index (χ0n) is 14.6. The smallest absolute Gasteiger partial charge is 0.251 e. The van der Waals surface area contributed by atoms with Gasteiger partial charge in [-0.2, -0.15) is 5.10 Å². The van der Waals surface area contributed by atoms with E-state index in [1.54, 1.807) is 35.4 Å². The number of hydrogen-bond donors (Lipinski definition) is 2. The molecule has 1 saturated carbocycles. The Kier molecular flexibility index (Phi) is 4.96. The van der Waals surface area contributed by atoms with Crippen molar-refractivity contribution in [3.63, 3.8) is 0 Å². The lowest BCUT2D eigenvalue weighted by Gasteiger charge is -2.16. The number of halogens is 1. The molecule has 8 heteroatoms. The van der Waals surface area contributed by atoms with Crippen LogP contribution in [-0.2, 0) is 6.54 Å². The van der Waals surface area contributed by atoms with E-state index in [1.807, 2.05) is 29.1 Å². The molecule has 1 aliphatic carbocycles. The molecule has 0 radical (unpaired) electrons. The third-order valence-corrected chi connectivity index (χ3v) is 5.06. The predicted octanol–water partition coefficient (Wildman–Crippen LogP) is 2.29. The largest absolute Gasteiger partial charge is 0.391 e. The van der Waals surface area contributed by atoms with Crippen molar-refractivity contribution < 1.29 is 9.90 Å². The Labute approximate surface area is 161 Å². The number of aromatic nitrogens is 4. The summed E-state index contributed by atoms with van der Waals surface area (Å²) in [6, 6.07) is 6.93. The number of pyridine rings is 1. The van der Waals surface area contributed by atoms with Gasteiger partial charge >= 0.3 is 0 Å². The highest BCUT2D eigenvalue weighted by Crippen LogP contribution is 2.28. The minimum Gasteiger partial charge on any atom is -0.391 e. The Morgan fingerprint density at radius 1 is 1.33 bits per heavy atom.